The van der Waals surface area contributed by atoms with Crippen molar-refractivity contribution in [1.29, 1.82) is 0 Å². The summed E-state index contributed by atoms with van der Waals surface area (Å²) < 4.78 is 7.11. The zero-order chi connectivity index (χ0) is 20.9. The maximum absolute atomic E-state index is 13.2. The summed E-state index contributed by atoms with van der Waals surface area (Å²) in [5, 5.41) is 15.2. The first-order valence-electron chi connectivity index (χ1n) is 12.1. The number of methoxy groups -OCH3 is 1. The number of fused-ring (bicyclic) bond motifs is 5. The highest BCUT2D eigenvalue weighted by Gasteiger charge is 2.58. The Labute approximate surface area is 180 Å². The number of carbonyl (C=O) groups excluding carboxylic acids is 1. The van der Waals surface area contributed by atoms with Crippen LogP contribution in [0, 0.1) is 40.9 Å². The highest BCUT2D eigenvalue weighted by Crippen LogP contribution is 2.64. The van der Waals surface area contributed by atoms with Crippen LogP contribution >= 0.6 is 0 Å². The van der Waals surface area contributed by atoms with Crippen LogP contribution in [0.1, 0.15) is 64.7 Å². The van der Waals surface area contributed by atoms with Crippen molar-refractivity contribution in [2.45, 2.75) is 76.9 Å². The Morgan fingerprint density at radius 3 is 2.73 bits per heavy atom. The number of carbonyl (C=O) groups is 1. The number of ether oxygens (including phenoxy) is 1. The van der Waals surface area contributed by atoms with E-state index in [0.29, 0.717) is 30.8 Å². The smallest absolute Gasteiger partial charge is 0.157 e. The molecule has 1 aromatic rings. The van der Waals surface area contributed by atoms with Gasteiger partial charge in [0.15, 0.2) is 5.78 Å². The quantitative estimate of drug-likeness (QED) is 0.788. The first-order valence-corrected chi connectivity index (χ1v) is 12.1. The van der Waals surface area contributed by atoms with E-state index in [0.717, 1.165) is 43.4 Å². The van der Waals surface area contributed by atoms with E-state index in [1.54, 1.807) is 18.0 Å². The summed E-state index contributed by atoms with van der Waals surface area (Å²) in [6.45, 7) is 3.33. The maximum atomic E-state index is 13.2. The number of rotatable bonds is 5. The molecule has 4 fully saturated rings. The molecule has 0 aromatic carbocycles. The monoisotopic (exact) mass is 414 g/mol. The van der Waals surface area contributed by atoms with Gasteiger partial charge in [-0.15, -0.1) is 0 Å². The third-order valence-electron chi connectivity index (χ3n) is 9.78. The summed E-state index contributed by atoms with van der Waals surface area (Å²) in [5.41, 5.74) is -0.437. The fourth-order valence-electron chi connectivity index (χ4n) is 8.56. The molecule has 8 atom stereocenters. The molecule has 8 unspecified atom stereocenters. The average molecular weight is 415 g/mol. The Bertz CT molecular complexity index is 764. The van der Waals surface area contributed by atoms with E-state index in [-0.39, 0.29) is 11.3 Å². The fourth-order valence-corrected chi connectivity index (χ4v) is 8.56. The lowest BCUT2D eigenvalue weighted by atomic mass is 9.49. The van der Waals surface area contributed by atoms with E-state index in [2.05, 4.69) is 12.0 Å². The summed E-state index contributed by atoms with van der Waals surface area (Å²) in [6, 6.07) is 1.90. The van der Waals surface area contributed by atoms with Gasteiger partial charge in [0.25, 0.3) is 0 Å². The number of Topliss-reactive ketones (excluding diaryl/α,β-unsaturated/α-hetero) is 1. The van der Waals surface area contributed by atoms with Gasteiger partial charge in [0.05, 0.1) is 18.8 Å². The van der Waals surface area contributed by atoms with Gasteiger partial charge in [0.2, 0.25) is 0 Å². The lowest BCUT2D eigenvalue weighted by Gasteiger charge is -2.57. The molecule has 5 heteroatoms. The lowest BCUT2D eigenvalue weighted by molar-refractivity contribution is -0.136. The molecule has 0 radical (unpaired) electrons. The van der Waals surface area contributed by atoms with Gasteiger partial charge in [-0.25, -0.2) is 0 Å². The van der Waals surface area contributed by atoms with Crippen molar-refractivity contribution in [1.82, 2.24) is 9.78 Å². The molecular weight excluding hydrogens is 376 g/mol. The molecule has 1 heterocycles. The predicted octanol–water partition coefficient (Wildman–Crippen LogP) is 4.10. The lowest BCUT2D eigenvalue weighted by Crippen LogP contribution is -2.52. The second-order valence-corrected chi connectivity index (χ2v) is 11.2. The van der Waals surface area contributed by atoms with E-state index in [4.69, 9.17) is 4.74 Å². The minimum absolute atomic E-state index is 0.170. The van der Waals surface area contributed by atoms with Crippen molar-refractivity contribution in [3.05, 3.63) is 18.5 Å². The van der Waals surface area contributed by atoms with E-state index < -0.39 is 5.60 Å². The number of nitrogens with zero attached hydrogens (tertiary/aromatic N) is 2. The van der Waals surface area contributed by atoms with Crippen LogP contribution in [-0.2, 0) is 16.1 Å². The third kappa shape index (κ3) is 3.37. The van der Waals surface area contributed by atoms with Crippen LogP contribution in [0.15, 0.2) is 18.5 Å². The Kier molecular flexibility index (Phi) is 5.34. The van der Waals surface area contributed by atoms with Crippen LogP contribution < -0.4 is 0 Å². The molecule has 1 N–H and O–H groups in total. The van der Waals surface area contributed by atoms with Gasteiger partial charge in [0.1, 0.15) is 0 Å². The molecule has 30 heavy (non-hydrogen) atoms. The Morgan fingerprint density at radius 1 is 1.13 bits per heavy atom. The molecular formula is C25H38N2O3. The molecule has 5 nitrogen and oxygen atoms in total. The third-order valence-corrected chi connectivity index (χ3v) is 9.78. The number of hydrogen-bond acceptors (Lipinski definition) is 4. The minimum Gasteiger partial charge on any atom is -0.387 e. The van der Waals surface area contributed by atoms with Gasteiger partial charge in [-0.3, -0.25) is 9.48 Å². The molecule has 0 amide bonds. The van der Waals surface area contributed by atoms with Crippen LogP contribution in [-0.4, -0.2) is 40.0 Å². The second kappa shape index (κ2) is 7.74. The fraction of sp³-hybridized carbons (Fsp3) is 0.840. The topological polar surface area (TPSA) is 64.3 Å². The molecule has 0 bridgehead atoms. The van der Waals surface area contributed by atoms with Crippen molar-refractivity contribution >= 4 is 5.78 Å². The summed E-state index contributed by atoms with van der Waals surface area (Å²) in [6.07, 6.45) is 13.9. The molecule has 4 saturated carbocycles. The zero-order valence-electron chi connectivity index (χ0n) is 18.6. The Morgan fingerprint density at radius 2 is 1.97 bits per heavy atom. The van der Waals surface area contributed by atoms with Crippen LogP contribution in [0.5, 0.6) is 0 Å². The van der Waals surface area contributed by atoms with E-state index in [1.165, 1.54) is 32.1 Å². The molecule has 0 aliphatic heterocycles. The molecule has 0 saturated heterocycles. The Balaban J connectivity index is 1.29. The average Bonchev–Trinajstić information content (AvgIpc) is 3.34. The Hall–Kier alpha value is -1.20. The van der Waals surface area contributed by atoms with Crippen LogP contribution in [0.3, 0.4) is 0 Å². The summed E-state index contributed by atoms with van der Waals surface area (Å²) in [4.78, 5) is 13.2. The zero-order valence-corrected chi connectivity index (χ0v) is 18.6. The summed E-state index contributed by atoms with van der Waals surface area (Å²) in [7, 11) is 1.70. The number of ketones is 1. The molecule has 166 valence electrons. The number of hydrogen-bond donors (Lipinski definition) is 1. The van der Waals surface area contributed by atoms with Crippen molar-refractivity contribution in [3.63, 3.8) is 0 Å². The van der Waals surface area contributed by atoms with Crippen molar-refractivity contribution in [2.75, 3.05) is 13.7 Å². The van der Waals surface area contributed by atoms with Gasteiger partial charge < -0.3 is 9.84 Å². The van der Waals surface area contributed by atoms with Crippen LogP contribution in [0.25, 0.3) is 0 Å². The minimum atomic E-state index is -0.608. The number of aromatic nitrogens is 2. The van der Waals surface area contributed by atoms with Crippen molar-refractivity contribution in [3.8, 4) is 0 Å². The van der Waals surface area contributed by atoms with Gasteiger partial charge >= 0.3 is 0 Å². The van der Waals surface area contributed by atoms with Gasteiger partial charge in [0, 0.05) is 25.4 Å². The van der Waals surface area contributed by atoms with E-state index in [9.17, 15) is 9.90 Å². The van der Waals surface area contributed by atoms with E-state index in [1.807, 2.05) is 12.3 Å². The first-order chi connectivity index (χ1) is 14.4. The molecule has 0 spiro atoms. The van der Waals surface area contributed by atoms with Gasteiger partial charge in [-0.1, -0.05) is 6.92 Å². The maximum Gasteiger partial charge on any atom is 0.157 e. The highest BCUT2D eigenvalue weighted by atomic mass is 16.5. The van der Waals surface area contributed by atoms with E-state index >= 15 is 0 Å². The SMILES string of the molecule is COCC1(O)CCC2C(CCC3C2CCC2(C)C(C(=O)Cn4cccn4)CCC32)C1. The molecule has 5 rings (SSSR count). The van der Waals surface area contributed by atoms with Gasteiger partial charge in [-0.05, 0) is 98.9 Å². The van der Waals surface area contributed by atoms with Crippen molar-refractivity contribution in [2.24, 2.45) is 40.9 Å². The first kappa shape index (κ1) is 20.7. The molecule has 4 aliphatic rings. The highest BCUT2D eigenvalue weighted by molar-refractivity contribution is 5.82. The molecule has 4 aliphatic carbocycles. The second-order valence-electron chi connectivity index (χ2n) is 11.2. The summed E-state index contributed by atoms with van der Waals surface area (Å²) >= 11 is 0. The van der Waals surface area contributed by atoms with Crippen molar-refractivity contribution < 1.29 is 14.6 Å². The van der Waals surface area contributed by atoms with Gasteiger partial charge in [-0.2, -0.15) is 5.10 Å². The largest absolute Gasteiger partial charge is 0.387 e. The predicted molar refractivity (Wildman–Crippen MR) is 115 cm³/mol. The normalized spacial score (nSPS) is 45.4. The summed E-state index contributed by atoms with van der Waals surface area (Å²) in [5.74, 6) is 4.28. The van der Waals surface area contributed by atoms with Crippen LogP contribution in [0.2, 0.25) is 0 Å². The standard InChI is InChI=1S/C25H38N2O3/c1-24-10-8-19-18-9-11-25(29,16-30-2)14-17(18)4-5-20(19)21(24)6-7-22(24)23(28)15-27-13-3-12-26-27/h3,12-13,17-22,29H,4-11,14-16H2,1-2H3. The molecule has 1 aromatic heterocycles. The number of aliphatic hydroxyl groups is 1. The van der Waals surface area contributed by atoms with Crippen LogP contribution in [0.4, 0.5) is 0 Å².